The van der Waals surface area contributed by atoms with Crippen molar-refractivity contribution in [1.29, 1.82) is 0 Å². The number of fused-ring (bicyclic) bond motifs is 1. The summed E-state index contributed by atoms with van der Waals surface area (Å²) >= 11 is 0. The van der Waals surface area contributed by atoms with Gasteiger partial charge in [0.15, 0.2) is 11.6 Å². The maximum Gasteiger partial charge on any atom is 0.193 e. The zero-order valence-corrected chi connectivity index (χ0v) is 10.4. The fraction of sp³-hybridized carbons (Fsp3) is 0.429. The molecule has 0 saturated carbocycles. The second-order valence-electron chi connectivity index (χ2n) is 4.84. The van der Waals surface area contributed by atoms with Crippen LogP contribution in [0.3, 0.4) is 0 Å². The van der Waals surface area contributed by atoms with Crippen molar-refractivity contribution < 1.29 is 4.74 Å². The molecule has 1 aliphatic heterocycles. The minimum absolute atomic E-state index is 0.374. The Labute approximate surface area is 97.5 Å². The number of anilines is 1. The molecule has 0 atom stereocenters. The highest BCUT2D eigenvalue weighted by atomic mass is 16.5. The second-order valence-corrected chi connectivity index (χ2v) is 4.84. The lowest BCUT2D eigenvalue weighted by atomic mass is 10.0. The highest BCUT2D eigenvalue weighted by Crippen LogP contribution is 2.41. The summed E-state index contributed by atoms with van der Waals surface area (Å²) in [4.78, 5) is 2.12. The summed E-state index contributed by atoms with van der Waals surface area (Å²) in [6, 6.07) is 6.79. The van der Waals surface area contributed by atoms with Crippen molar-refractivity contribution in [1.82, 2.24) is 0 Å². The van der Waals surface area contributed by atoms with Gasteiger partial charge < -0.3 is 9.64 Å². The molecule has 1 heterocycles. The number of nitrogens with zero attached hydrogens (tertiary/aromatic N) is 1. The predicted octanol–water partition coefficient (Wildman–Crippen LogP) is 3.89. The van der Waals surface area contributed by atoms with E-state index in [9.17, 15) is 0 Å². The Balaban J connectivity index is 2.42. The third kappa shape index (κ3) is 1.69. The molecule has 86 valence electrons. The highest BCUT2D eigenvalue weighted by molar-refractivity contribution is 5.67. The quantitative estimate of drug-likeness (QED) is 0.745. The lowest BCUT2D eigenvalue weighted by Gasteiger charge is -2.21. The van der Waals surface area contributed by atoms with E-state index in [0.29, 0.717) is 12.0 Å². The van der Waals surface area contributed by atoms with E-state index < -0.39 is 0 Å². The largest absolute Gasteiger partial charge is 0.439 e. The smallest absolute Gasteiger partial charge is 0.193 e. The van der Waals surface area contributed by atoms with Crippen molar-refractivity contribution in [3.05, 3.63) is 36.2 Å². The van der Waals surface area contributed by atoms with Crippen molar-refractivity contribution in [2.45, 2.75) is 39.7 Å². The molecule has 2 rings (SSSR count). The van der Waals surface area contributed by atoms with Crippen molar-refractivity contribution in [3.8, 4) is 5.75 Å². The molecule has 0 saturated heterocycles. The van der Waals surface area contributed by atoms with Crippen LogP contribution in [0.2, 0.25) is 0 Å². The number of hydrogen-bond acceptors (Lipinski definition) is 2. The third-order valence-electron chi connectivity index (χ3n) is 2.92. The standard InChI is InChI=1S/C14H19NO/c1-9(2)12-6-7-13-14(8-12)16-11(5)15(13)10(3)4/h6-10H,5H2,1-4H3. The van der Waals surface area contributed by atoms with Gasteiger partial charge in [-0.05, 0) is 44.0 Å². The van der Waals surface area contributed by atoms with E-state index in [2.05, 4.69) is 57.4 Å². The van der Waals surface area contributed by atoms with Crippen LogP contribution in [0.4, 0.5) is 5.69 Å². The van der Waals surface area contributed by atoms with Gasteiger partial charge in [-0.15, -0.1) is 0 Å². The molecule has 2 heteroatoms. The molecule has 1 aliphatic rings. The van der Waals surface area contributed by atoms with Crippen LogP contribution in [-0.4, -0.2) is 6.04 Å². The molecule has 0 aliphatic carbocycles. The maximum absolute atomic E-state index is 5.70. The first-order valence-electron chi connectivity index (χ1n) is 5.80. The monoisotopic (exact) mass is 217 g/mol. The zero-order valence-electron chi connectivity index (χ0n) is 10.4. The van der Waals surface area contributed by atoms with Gasteiger partial charge in [-0.1, -0.05) is 19.9 Å². The lowest BCUT2D eigenvalue weighted by Crippen LogP contribution is -2.27. The molecule has 0 fully saturated rings. The van der Waals surface area contributed by atoms with E-state index in [0.717, 1.165) is 17.3 Å². The van der Waals surface area contributed by atoms with Crippen LogP contribution in [0.15, 0.2) is 30.7 Å². The Morgan fingerprint density at radius 2 is 1.88 bits per heavy atom. The van der Waals surface area contributed by atoms with Gasteiger partial charge in [-0.25, -0.2) is 0 Å². The molecular weight excluding hydrogens is 198 g/mol. The van der Waals surface area contributed by atoms with Gasteiger partial charge in [0.1, 0.15) is 0 Å². The van der Waals surface area contributed by atoms with Crippen LogP contribution < -0.4 is 9.64 Å². The van der Waals surface area contributed by atoms with E-state index in [1.807, 2.05) is 0 Å². The van der Waals surface area contributed by atoms with Crippen LogP contribution in [0.1, 0.15) is 39.2 Å². The van der Waals surface area contributed by atoms with Crippen LogP contribution >= 0.6 is 0 Å². The second kappa shape index (κ2) is 3.85. The fourth-order valence-corrected chi connectivity index (χ4v) is 2.05. The van der Waals surface area contributed by atoms with Crippen molar-refractivity contribution in [2.24, 2.45) is 0 Å². The van der Waals surface area contributed by atoms with Crippen LogP contribution in [-0.2, 0) is 0 Å². The number of benzene rings is 1. The van der Waals surface area contributed by atoms with Crippen molar-refractivity contribution in [3.63, 3.8) is 0 Å². The normalized spacial score (nSPS) is 14.6. The van der Waals surface area contributed by atoms with Crippen LogP contribution in [0.25, 0.3) is 0 Å². The SMILES string of the molecule is C=C1Oc2cc(C(C)C)ccc2N1C(C)C. The molecule has 0 bridgehead atoms. The molecule has 2 nitrogen and oxygen atoms in total. The molecule has 0 amide bonds. The minimum Gasteiger partial charge on any atom is -0.439 e. The van der Waals surface area contributed by atoms with Gasteiger partial charge >= 0.3 is 0 Å². The van der Waals surface area contributed by atoms with Gasteiger partial charge in [-0.2, -0.15) is 0 Å². The first kappa shape index (κ1) is 11.1. The van der Waals surface area contributed by atoms with Crippen LogP contribution in [0, 0.1) is 0 Å². The summed E-state index contributed by atoms with van der Waals surface area (Å²) in [5.41, 5.74) is 2.43. The molecular formula is C14H19NO. The van der Waals surface area contributed by atoms with Crippen LogP contribution in [0.5, 0.6) is 5.75 Å². The lowest BCUT2D eigenvalue weighted by molar-refractivity contribution is 0.433. The highest BCUT2D eigenvalue weighted by Gasteiger charge is 2.27. The summed E-state index contributed by atoms with van der Waals surface area (Å²) in [5.74, 6) is 2.19. The number of hydrogen-bond donors (Lipinski definition) is 0. The summed E-state index contributed by atoms with van der Waals surface area (Å²) in [6.45, 7) is 12.6. The molecule has 0 unspecified atom stereocenters. The Bertz CT molecular complexity index is 421. The molecule has 0 spiro atoms. The summed E-state index contributed by atoms with van der Waals surface area (Å²) in [5, 5.41) is 0. The predicted molar refractivity (Wildman–Crippen MR) is 67.9 cm³/mol. The summed E-state index contributed by atoms with van der Waals surface area (Å²) in [7, 11) is 0. The van der Waals surface area contributed by atoms with Gasteiger partial charge in [0, 0.05) is 6.04 Å². The molecule has 1 aromatic rings. The Hall–Kier alpha value is -1.44. The zero-order chi connectivity index (χ0) is 11.9. The van der Waals surface area contributed by atoms with Gasteiger partial charge in [0.2, 0.25) is 0 Å². The minimum atomic E-state index is 0.374. The van der Waals surface area contributed by atoms with Crippen molar-refractivity contribution >= 4 is 5.69 Å². The van der Waals surface area contributed by atoms with E-state index in [1.165, 1.54) is 5.56 Å². The van der Waals surface area contributed by atoms with Crippen molar-refractivity contribution in [2.75, 3.05) is 4.90 Å². The average molecular weight is 217 g/mol. The van der Waals surface area contributed by atoms with Gasteiger partial charge in [0.05, 0.1) is 5.69 Å². The number of ether oxygens (including phenoxy) is 1. The molecule has 0 N–H and O–H groups in total. The average Bonchev–Trinajstić information content (AvgIpc) is 2.51. The Morgan fingerprint density at radius 3 is 2.44 bits per heavy atom. The first-order chi connectivity index (χ1) is 7.50. The first-order valence-corrected chi connectivity index (χ1v) is 5.80. The summed E-state index contributed by atoms with van der Waals surface area (Å²) in [6.07, 6.45) is 0. The maximum atomic E-state index is 5.70. The Morgan fingerprint density at radius 1 is 1.19 bits per heavy atom. The van der Waals surface area contributed by atoms with Gasteiger partial charge in [-0.3, -0.25) is 0 Å². The Kier molecular flexibility index (Phi) is 2.66. The molecule has 16 heavy (non-hydrogen) atoms. The number of rotatable bonds is 2. The van der Waals surface area contributed by atoms with E-state index in [-0.39, 0.29) is 0 Å². The van der Waals surface area contributed by atoms with Gasteiger partial charge in [0.25, 0.3) is 0 Å². The van der Waals surface area contributed by atoms with E-state index in [1.54, 1.807) is 0 Å². The summed E-state index contributed by atoms with van der Waals surface area (Å²) < 4.78 is 5.70. The molecule has 0 radical (unpaired) electrons. The van der Waals surface area contributed by atoms with E-state index in [4.69, 9.17) is 4.74 Å². The third-order valence-corrected chi connectivity index (χ3v) is 2.92. The fourth-order valence-electron chi connectivity index (χ4n) is 2.05. The topological polar surface area (TPSA) is 12.5 Å². The van der Waals surface area contributed by atoms with E-state index >= 15 is 0 Å². The molecule has 1 aromatic carbocycles. The molecule has 0 aromatic heterocycles.